The number of anilines is 1. The molecule has 0 saturated carbocycles. The first-order chi connectivity index (χ1) is 6.84. The Morgan fingerprint density at radius 3 is 3.07 bits per heavy atom. The predicted octanol–water partition coefficient (Wildman–Crippen LogP) is 3.76. The summed E-state index contributed by atoms with van der Waals surface area (Å²) in [6.45, 7) is 0. The third-order valence-corrected chi connectivity index (χ3v) is 4.06. The number of hydrogen-bond acceptors (Lipinski definition) is 2. The summed E-state index contributed by atoms with van der Waals surface area (Å²) >= 11 is 5.53. The van der Waals surface area contributed by atoms with Gasteiger partial charge in [-0.25, -0.2) is 0 Å². The van der Waals surface area contributed by atoms with E-state index in [1.54, 1.807) is 0 Å². The second-order valence-electron chi connectivity index (χ2n) is 3.57. The summed E-state index contributed by atoms with van der Waals surface area (Å²) in [6.07, 6.45) is 2.65. The highest BCUT2D eigenvalue weighted by Crippen LogP contribution is 2.22. The van der Waals surface area contributed by atoms with Crippen molar-refractivity contribution in [2.75, 3.05) is 16.8 Å². The maximum absolute atomic E-state index is 3.57. The Hall–Kier alpha value is -0.150. The molecule has 1 saturated heterocycles. The van der Waals surface area contributed by atoms with Crippen LogP contribution in [-0.4, -0.2) is 17.5 Å². The lowest BCUT2D eigenvalue weighted by Gasteiger charge is -2.23. The first kappa shape index (κ1) is 10.4. The van der Waals surface area contributed by atoms with E-state index in [9.17, 15) is 0 Å². The zero-order chi connectivity index (χ0) is 9.80. The molecule has 3 heteroatoms. The Labute approximate surface area is 97.8 Å². The van der Waals surface area contributed by atoms with Crippen LogP contribution in [0.5, 0.6) is 0 Å². The standard InChI is InChI=1S/C11H14BrNS/c12-9-3-1-4-10(7-9)13-11-5-2-6-14-8-11/h1,3-4,7,11,13H,2,5-6,8H2. The van der Waals surface area contributed by atoms with Crippen LogP contribution in [-0.2, 0) is 0 Å². The number of hydrogen-bond donors (Lipinski definition) is 1. The lowest BCUT2D eigenvalue weighted by atomic mass is 10.2. The Balaban J connectivity index is 1.95. The minimum Gasteiger partial charge on any atom is -0.381 e. The van der Waals surface area contributed by atoms with Crippen molar-refractivity contribution in [2.45, 2.75) is 18.9 Å². The zero-order valence-corrected chi connectivity index (χ0v) is 10.4. The molecule has 1 aromatic rings. The van der Waals surface area contributed by atoms with Crippen LogP contribution in [0.4, 0.5) is 5.69 Å². The number of halogens is 1. The summed E-state index contributed by atoms with van der Waals surface area (Å²) in [7, 11) is 0. The fourth-order valence-corrected chi connectivity index (χ4v) is 3.14. The molecule has 0 amide bonds. The molecule has 0 aromatic heterocycles. The number of thioether (sulfide) groups is 1. The van der Waals surface area contributed by atoms with Gasteiger partial charge in [0, 0.05) is 22.0 Å². The van der Waals surface area contributed by atoms with Gasteiger partial charge in [0.15, 0.2) is 0 Å². The van der Waals surface area contributed by atoms with E-state index in [1.807, 2.05) is 0 Å². The van der Waals surface area contributed by atoms with Crippen molar-refractivity contribution >= 4 is 33.4 Å². The van der Waals surface area contributed by atoms with Crippen molar-refractivity contribution in [1.29, 1.82) is 0 Å². The molecule has 1 aromatic carbocycles. The molecule has 1 atom stereocenters. The van der Waals surface area contributed by atoms with Gasteiger partial charge in [-0.2, -0.15) is 11.8 Å². The zero-order valence-electron chi connectivity index (χ0n) is 8.00. The summed E-state index contributed by atoms with van der Waals surface area (Å²) in [6, 6.07) is 9.05. The van der Waals surface area contributed by atoms with Crippen molar-refractivity contribution in [3.63, 3.8) is 0 Å². The summed E-state index contributed by atoms with van der Waals surface area (Å²) in [5.74, 6) is 2.57. The van der Waals surface area contributed by atoms with Crippen molar-refractivity contribution in [3.05, 3.63) is 28.7 Å². The van der Waals surface area contributed by atoms with Crippen molar-refractivity contribution < 1.29 is 0 Å². The average molecular weight is 272 g/mol. The van der Waals surface area contributed by atoms with E-state index in [1.165, 1.54) is 30.0 Å². The lowest BCUT2D eigenvalue weighted by Crippen LogP contribution is -2.25. The quantitative estimate of drug-likeness (QED) is 0.879. The van der Waals surface area contributed by atoms with Gasteiger partial charge >= 0.3 is 0 Å². The first-order valence-electron chi connectivity index (χ1n) is 4.94. The van der Waals surface area contributed by atoms with E-state index in [2.05, 4.69) is 57.3 Å². The number of rotatable bonds is 2. The molecule has 14 heavy (non-hydrogen) atoms. The molecule has 1 unspecified atom stereocenters. The van der Waals surface area contributed by atoms with E-state index < -0.39 is 0 Å². The van der Waals surface area contributed by atoms with E-state index >= 15 is 0 Å². The smallest absolute Gasteiger partial charge is 0.0353 e. The molecule has 0 radical (unpaired) electrons. The van der Waals surface area contributed by atoms with Crippen molar-refractivity contribution in [1.82, 2.24) is 0 Å². The fraction of sp³-hybridized carbons (Fsp3) is 0.455. The van der Waals surface area contributed by atoms with Gasteiger partial charge < -0.3 is 5.32 Å². The van der Waals surface area contributed by atoms with E-state index in [0.717, 1.165) is 4.47 Å². The van der Waals surface area contributed by atoms with Gasteiger partial charge in [-0.1, -0.05) is 22.0 Å². The SMILES string of the molecule is Brc1cccc(NC2CCCSC2)c1. The molecular formula is C11H14BrNS. The molecule has 1 aliphatic heterocycles. The maximum Gasteiger partial charge on any atom is 0.0353 e. The van der Waals surface area contributed by atoms with E-state index in [0.29, 0.717) is 6.04 Å². The molecule has 76 valence electrons. The maximum atomic E-state index is 3.57. The minimum atomic E-state index is 0.656. The Morgan fingerprint density at radius 2 is 2.36 bits per heavy atom. The van der Waals surface area contributed by atoms with Crippen molar-refractivity contribution in [2.24, 2.45) is 0 Å². The molecule has 0 aliphatic carbocycles. The van der Waals surface area contributed by atoms with Crippen LogP contribution in [0.15, 0.2) is 28.7 Å². The minimum absolute atomic E-state index is 0.656. The van der Waals surface area contributed by atoms with E-state index in [-0.39, 0.29) is 0 Å². The Morgan fingerprint density at radius 1 is 1.43 bits per heavy atom. The van der Waals surface area contributed by atoms with Crippen LogP contribution in [0.2, 0.25) is 0 Å². The number of nitrogens with one attached hydrogen (secondary N) is 1. The van der Waals surface area contributed by atoms with Crippen LogP contribution in [0.3, 0.4) is 0 Å². The summed E-state index contributed by atoms with van der Waals surface area (Å²) in [5.41, 5.74) is 1.23. The van der Waals surface area contributed by atoms with Crippen LogP contribution in [0.25, 0.3) is 0 Å². The second kappa shape index (κ2) is 5.08. The molecular weight excluding hydrogens is 258 g/mol. The third kappa shape index (κ3) is 2.92. The highest BCUT2D eigenvalue weighted by molar-refractivity contribution is 9.10. The predicted molar refractivity (Wildman–Crippen MR) is 68.1 cm³/mol. The topological polar surface area (TPSA) is 12.0 Å². The third-order valence-electron chi connectivity index (χ3n) is 2.36. The average Bonchev–Trinajstić information content (AvgIpc) is 2.19. The van der Waals surface area contributed by atoms with Gasteiger partial charge in [0.05, 0.1) is 0 Å². The van der Waals surface area contributed by atoms with Gasteiger partial charge in [0.2, 0.25) is 0 Å². The molecule has 0 bridgehead atoms. The summed E-state index contributed by atoms with van der Waals surface area (Å²) in [4.78, 5) is 0. The van der Waals surface area contributed by atoms with Crippen LogP contribution < -0.4 is 5.32 Å². The first-order valence-corrected chi connectivity index (χ1v) is 6.89. The highest BCUT2D eigenvalue weighted by atomic mass is 79.9. The molecule has 1 fully saturated rings. The molecule has 0 spiro atoms. The second-order valence-corrected chi connectivity index (χ2v) is 5.63. The van der Waals surface area contributed by atoms with Gasteiger partial charge in [0.1, 0.15) is 0 Å². The molecule has 1 heterocycles. The van der Waals surface area contributed by atoms with Gasteiger partial charge in [0.25, 0.3) is 0 Å². The van der Waals surface area contributed by atoms with Crippen LogP contribution in [0.1, 0.15) is 12.8 Å². The summed E-state index contributed by atoms with van der Waals surface area (Å²) < 4.78 is 1.14. The Kier molecular flexibility index (Phi) is 3.76. The van der Waals surface area contributed by atoms with Crippen LogP contribution >= 0.6 is 27.7 Å². The highest BCUT2D eigenvalue weighted by Gasteiger charge is 2.12. The molecule has 2 rings (SSSR count). The fourth-order valence-electron chi connectivity index (χ4n) is 1.67. The van der Waals surface area contributed by atoms with Crippen molar-refractivity contribution in [3.8, 4) is 0 Å². The summed E-state index contributed by atoms with van der Waals surface area (Å²) in [5, 5.41) is 3.57. The largest absolute Gasteiger partial charge is 0.381 e. The van der Waals surface area contributed by atoms with Gasteiger partial charge in [-0.15, -0.1) is 0 Å². The monoisotopic (exact) mass is 271 g/mol. The normalized spacial score (nSPS) is 21.9. The Bertz CT molecular complexity index is 297. The molecule has 1 N–H and O–H groups in total. The lowest BCUT2D eigenvalue weighted by molar-refractivity contribution is 0.685. The van der Waals surface area contributed by atoms with E-state index in [4.69, 9.17) is 0 Å². The van der Waals surface area contributed by atoms with Gasteiger partial charge in [-0.3, -0.25) is 0 Å². The van der Waals surface area contributed by atoms with Crippen LogP contribution in [0, 0.1) is 0 Å². The number of benzene rings is 1. The van der Waals surface area contributed by atoms with Gasteiger partial charge in [-0.05, 0) is 36.8 Å². The molecule has 1 nitrogen and oxygen atoms in total. The molecule has 1 aliphatic rings.